The third-order valence-electron chi connectivity index (χ3n) is 3.52. The van der Waals surface area contributed by atoms with Crippen molar-refractivity contribution in [3.8, 4) is 5.75 Å². The standard InChI is InChI=1S/C16H15ClN2O4S2/c1-2-7-19(9-11-3-6-15(17)24-11)25(21,22)12-4-5-14-13(8-12)18-16(20)10-23-14/h2-6,8H,1,7,9-10H2,(H,18,20). The second kappa shape index (κ2) is 7.17. The van der Waals surface area contributed by atoms with Crippen LogP contribution < -0.4 is 10.1 Å². The fourth-order valence-corrected chi connectivity index (χ4v) is 4.97. The molecular weight excluding hydrogens is 384 g/mol. The summed E-state index contributed by atoms with van der Waals surface area (Å²) < 4.78 is 33.2. The van der Waals surface area contributed by atoms with Crippen LogP contribution in [0.5, 0.6) is 5.75 Å². The molecule has 1 aliphatic rings. The molecule has 0 fully saturated rings. The van der Waals surface area contributed by atoms with Crippen molar-refractivity contribution in [2.24, 2.45) is 0 Å². The van der Waals surface area contributed by atoms with Crippen LogP contribution in [0.4, 0.5) is 5.69 Å². The van der Waals surface area contributed by atoms with Gasteiger partial charge in [0.2, 0.25) is 10.0 Å². The summed E-state index contributed by atoms with van der Waals surface area (Å²) >= 11 is 7.25. The second-order valence-corrected chi connectivity index (χ2v) is 9.02. The number of halogens is 1. The molecule has 0 saturated carbocycles. The van der Waals surface area contributed by atoms with Crippen LogP contribution in [0, 0.1) is 0 Å². The van der Waals surface area contributed by atoms with Crippen molar-refractivity contribution in [2.45, 2.75) is 11.4 Å². The SMILES string of the molecule is C=CCN(Cc1ccc(Cl)s1)S(=O)(=O)c1ccc2c(c1)NC(=O)CO2. The molecule has 1 amide bonds. The van der Waals surface area contributed by atoms with Gasteiger partial charge in [0.05, 0.1) is 14.9 Å². The highest BCUT2D eigenvalue weighted by molar-refractivity contribution is 7.89. The average Bonchev–Trinajstić information content (AvgIpc) is 2.98. The number of fused-ring (bicyclic) bond motifs is 1. The Bertz CT molecular complexity index is 924. The zero-order chi connectivity index (χ0) is 18.0. The lowest BCUT2D eigenvalue weighted by atomic mass is 10.2. The quantitative estimate of drug-likeness (QED) is 0.758. The zero-order valence-electron chi connectivity index (χ0n) is 13.1. The Kier molecular flexibility index (Phi) is 5.14. The van der Waals surface area contributed by atoms with Crippen LogP contribution in [-0.4, -0.2) is 31.8 Å². The lowest BCUT2D eigenvalue weighted by molar-refractivity contribution is -0.118. The minimum atomic E-state index is -3.78. The largest absolute Gasteiger partial charge is 0.482 e. The zero-order valence-corrected chi connectivity index (χ0v) is 15.5. The number of carbonyl (C=O) groups excluding carboxylic acids is 1. The van der Waals surface area contributed by atoms with Gasteiger partial charge in [-0.15, -0.1) is 17.9 Å². The first-order valence-electron chi connectivity index (χ1n) is 7.32. The Labute approximate surface area is 154 Å². The van der Waals surface area contributed by atoms with E-state index in [2.05, 4.69) is 11.9 Å². The summed E-state index contributed by atoms with van der Waals surface area (Å²) in [4.78, 5) is 12.3. The van der Waals surface area contributed by atoms with Crippen molar-refractivity contribution in [1.29, 1.82) is 0 Å². The van der Waals surface area contributed by atoms with Gasteiger partial charge in [-0.2, -0.15) is 4.31 Å². The first kappa shape index (κ1) is 17.9. The lowest BCUT2D eigenvalue weighted by Crippen LogP contribution is -2.31. The Morgan fingerprint density at radius 3 is 2.84 bits per heavy atom. The molecule has 0 spiro atoms. The van der Waals surface area contributed by atoms with E-state index >= 15 is 0 Å². The van der Waals surface area contributed by atoms with E-state index in [9.17, 15) is 13.2 Å². The molecule has 1 aliphatic heterocycles. The molecule has 0 saturated heterocycles. The van der Waals surface area contributed by atoms with Gasteiger partial charge in [-0.1, -0.05) is 17.7 Å². The van der Waals surface area contributed by atoms with E-state index in [4.69, 9.17) is 16.3 Å². The summed E-state index contributed by atoms with van der Waals surface area (Å²) in [7, 11) is -3.78. The normalized spacial score (nSPS) is 13.9. The highest BCUT2D eigenvalue weighted by Crippen LogP contribution is 2.32. The van der Waals surface area contributed by atoms with Gasteiger partial charge in [0, 0.05) is 18.0 Å². The number of benzene rings is 1. The van der Waals surface area contributed by atoms with E-state index in [1.807, 2.05) is 0 Å². The number of nitrogens with one attached hydrogen (secondary N) is 1. The molecule has 9 heteroatoms. The van der Waals surface area contributed by atoms with Crippen LogP contribution in [0.25, 0.3) is 0 Å². The highest BCUT2D eigenvalue weighted by atomic mass is 35.5. The summed E-state index contributed by atoms with van der Waals surface area (Å²) in [5, 5.41) is 2.61. The number of sulfonamides is 1. The number of hydrogen-bond donors (Lipinski definition) is 1. The fraction of sp³-hybridized carbons (Fsp3) is 0.188. The van der Waals surface area contributed by atoms with Gasteiger partial charge < -0.3 is 10.1 Å². The Balaban J connectivity index is 1.93. The van der Waals surface area contributed by atoms with Gasteiger partial charge in [0.15, 0.2) is 6.61 Å². The molecular formula is C16H15ClN2O4S2. The predicted octanol–water partition coefficient (Wildman–Crippen LogP) is 3.11. The van der Waals surface area contributed by atoms with E-state index in [0.717, 1.165) is 4.88 Å². The predicted molar refractivity (Wildman–Crippen MR) is 97.7 cm³/mol. The fourth-order valence-electron chi connectivity index (χ4n) is 2.37. The molecule has 0 bridgehead atoms. The number of anilines is 1. The maximum atomic E-state index is 13.0. The maximum Gasteiger partial charge on any atom is 0.262 e. The van der Waals surface area contributed by atoms with Crippen LogP contribution in [0.2, 0.25) is 4.34 Å². The number of thiophene rings is 1. The molecule has 1 aromatic carbocycles. The third kappa shape index (κ3) is 3.87. The smallest absolute Gasteiger partial charge is 0.262 e. The van der Waals surface area contributed by atoms with Gasteiger partial charge in [0.25, 0.3) is 5.91 Å². The summed E-state index contributed by atoms with van der Waals surface area (Å²) in [6.45, 7) is 3.88. The van der Waals surface area contributed by atoms with Crippen LogP contribution in [0.15, 0.2) is 47.9 Å². The number of rotatable bonds is 6. The van der Waals surface area contributed by atoms with Crippen molar-refractivity contribution in [1.82, 2.24) is 4.31 Å². The van der Waals surface area contributed by atoms with Gasteiger partial charge in [-0.3, -0.25) is 4.79 Å². The van der Waals surface area contributed by atoms with E-state index in [0.29, 0.717) is 15.8 Å². The van der Waals surface area contributed by atoms with E-state index < -0.39 is 10.0 Å². The highest BCUT2D eigenvalue weighted by Gasteiger charge is 2.26. The lowest BCUT2D eigenvalue weighted by Gasteiger charge is -2.22. The molecule has 3 rings (SSSR count). The van der Waals surface area contributed by atoms with Crippen molar-refractivity contribution < 1.29 is 17.9 Å². The molecule has 6 nitrogen and oxygen atoms in total. The number of hydrogen-bond acceptors (Lipinski definition) is 5. The van der Waals surface area contributed by atoms with Crippen molar-refractivity contribution >= 4 is 44.6 Å². The van der Waals surface area contributed by atoms with Gasteiger partial charge >= 0.3 is 0 Å². The Morgan fingerprint density at radius 1 is 1.36 bits per heavy atom. The van der Waals surface area contributed by atoms with Crippen molar-refractivity contribution in [3.63, 3.8) is 0 Å². The minimum Gasteiger partial charge on any atom is -0.482 e. The van der Waals surface area contributed by atoms with Crippen molar-refractivity contribution in [2.75, 3.05) is 18.5 Å². The second-order valence-electron chi connectivity index (χ2n) is 5.29. The number of carbonyl (C=O) groups is 1. The molecule has 0 unspecified atom stereocenters. The number of ether oxygens (including phenoxy) is 1. The molecule has 1 aromatic heterocycles. The summed E-state index contributed by atoms with van der Waals surface area (Å²) in [5.41, 5.74) is 0.343. The molecule has 1 N–H and O–H groups in total. The monoisotopic (exact) mass is 398 g/mol. The van der Waals surface area contributed by atoms with E-state index in [-0.39, 0.29) is 30.5 Å². The first-order chi connectivity index (χ1) is 11.9. The molecule has 132 valence electrons. The van der Waals surface area contributed by atoms with Crippen LogP contribution in [-0.2, 0) is 21.4 Å². The Hall–Kier alpha value is -1.87. The molecule has 2 heterocycles. The van der Waals surface area contributed by atoms with Gasteiger partial charge in [-0.05, 0) is 30.3 Å². The molecule has 0 atom stereocenters. The van der Waals surface area contributed by atoms with E-state index in [1.54, 1.807) is 12.1 Å². The third-order valence-corrected chi connectivity index (χ3v) is 6.54. The topological polar surface area (TPSA) is 75.7 Å². The van der Waals surface area contributed by atoms with E-state index in [1.165, 1.54) is 39.9 Å². The Morgan fingerprint density at radius 2 is 2.16 bits per heavy atom. The molecule has 25 heavy (non-hydrogen) atoms. The molecule has 0 radical (unpaired) electrons. The minimum absolute atomic E-state index is 0.0709. The number of amides is 1. The molecule has 2 aromatic rings. The van der Waals surface area contributed by atoms with Crippen LogP contribution in [0.1, 0.15) is 4.88 Å². The molecule has 0 aliphatic carbocycles. The average molecular weight is 399 g/mol. The maximum absolute atomic E-state index is 13.0. The summed E-state index contributed by atoms with van der Waals surface area (Å²) in [5.74, 6) is 0.122. The first-order valence-corrected chi connectivity index (χ1v) is 9.95. The van der Waals surface area contributed by atoms with Gasteiger partial charge in [-0.25, -0.2) is 8.42 Å². The van der Waals surface area contributed by atoms with Crippen LogP contribution >= 0.6 is 22.9 Å². The summed E-state index contributed by atoms with van der Waals surface area (Å²) in [6, 6.07) is 7.92. The van der Waals surface area contributed by atoms with Crippen LogP contribution in [0.3, 0.4) is 0 Å². The number of nitrogens with zero attached hydrogens (tertiary/aromatic N) is 1. The van der Waals surface area contributed by atoms with Gasteiger partial charge in [0.1, 0.15) is 5.75 Å². The van der Waals surface area contributed by atoms with Crippen molar-refractivity contribution in [3.05, 3.63) is 52.2 Å². The summed E-state index contributed by atoms with van der Waals surface area (Å²) in [6.07, 6.45) is 1.52.